The first-order valence-corrected chi connectivity index (χ1v) is 7.69. The van der Waals surface area contributed by atoms with Crippen molar-refractivity contribution in [2.75, 3.05) is 17.3 Å². The van der Waals surface area contributed by atoms with E-state index in [-0.39, 0.29) is 16.6 Å². The number of thiocarbonyl (C=S) groups is 1. The maximum atomic E-state index is 13.6. The van der Waals surface area contributed by atoms with Crippen molar-refractivity contribution < 1.29 is 8.60 Å². The zero-order valence-corrected chi connectivity index (χ0v) is 12.0. The molecule has 0 amide bonds. The Morgan fingerprint density at radius 1 is 1.61 bits per heavy atom. The van der Waals surface area contributed by atoms with Crippen LogP contribution in [0.2, 0.25) is 0 Å². The van der Waals surface area contributed by atoms with E-state index in [1.54, 1.807) is 18.4 Å². The second-order valence-electron chi connectivity index (χ2n) is 4.17. The molecule has 3 nitrogen and oxygen atoms in total. The molecular weight excluding hydrogens is 271 g/mol. The molecule has 0 fully saturated rings. The third-order valence-electron chi connectivity index (χ3n) is 2.49. The van der Waals surface area contributed by atoms with Gasteiger partial charge in [0, 0.05) is 40.1 Å². The van der Waals surface area contributed by atoms with Gasteiger partial charge in [-0.05, 0) is 31.5 Å². The van der Waals surface area contributed by atoms with E-state index in [1.165, 1.54) is 6.07 Å². The number of rotatable bonds is 6. The fourth-order valence-electron chi connectivity index (χ4n) is 1.50. The van der Waals surface area contributed by atoms with Crippen molar-refractivity contribution in [1.29, 1.82) is 0 Å². The van der Waals surface area contributed by atoms with Gasteiger partial charge >= 0.3 is 0 Å². The summed E-state index contributed by atoms with van der Waals surface area (Å²) >= 11 is 4.73. The summed E-state index contributed by atoms with van der Waals surface area (Å²) in [7, 11) is -0.806. The lowest BCUT2D eigenvalue weighted by atomic mass is 10.1. The SMILES string of the molecule is CC(CCS(C)=O)Nc1ccc(C(N)=S)c(F)c1. The van der Waals surface area contributed by atoms with Gasteiger partial charge in [-0.1, -0.05) is 12.2 Å². The van der Waals surface area contributed by atoms with Crippen LogP contribution in [0, 0.1) is 5.82 Å². The van der Waals surface area contributed by atoms with E-state index in [1.807, 2.05) is 6.92 Å². The zero-order valence-electron chi connectivity index (χ0n) is 10.4. The normalized spacial score (nSPS) is 13.9. The van der Waals surface area contributed by atoms with Crippen LogP contribution in [0.15, 0.2) is 18.2 Å². The molecule has 18 heavy (non-hydrogen) atoms. The Kier molecular flexibility index (Phi) is 5.68. The standard InChI is InChI=1S/C12H17FN2OS2/c1-8(5-6-18(2)16)15-9-3-4-10(12(14)17)11(13)7-9/h3-4,7-8,15H,5-6H2,1-2H3,(H2,14,17). The van der Waals surface area contributed by atoms with Crippen LogP contribution >= 0.6 is 12.2 Å². The highest BCUT2D eigenvalue weighted by atomic mass is 32.2. The van der Waals surface area contributed by atoms with E-state index in [0.717, 1.165) is 6.42 Å². The summed E-state index contributed by atoms with van der Waals surface area (Å²) < 4.78 is 24.6. The Labute approximate surface area is 114 Å². The van der Waals surface area contributed by atoms with Crippen LogP contribution in [0.3, 0.4) is 0 Å². The molecule has 1 aromatic carbocycles. The van der Waals surface area contributed by atoms with Crippen LogP contribution in [0.1, 0.15) is 18.9 Å². The van der Waals surface area contributed by atoms with Gasteiger partial charge in [0.05, 0.1) is 0 Å². The van der Waals surface area contributed by atoms with Gasteiger partial charge < -0.3 is 11.1 Å². The van der Waals surface area contributed by atoms with E-state index in [0.29, 0.717) is 11.4 Å². The van der Waals surface area contributed by atoms with Crippen molar-refractivity contribution in [1.82, 2.24) is 0 Å². The molecule has 0 saturated carbocycles. The predicted octanol–water partition coefficient (Wildman–Crippen LogP) is 2.03. The molecule has 1 rings (SSSR count). The Hall–Kier alpha value is -1.01. The summed E-state index contributed by atoms with van der Waals surface area (Å²) in [4.78, 5) is 0.0495. The molecule has 100 valence electrons. The molecular formula is C12H17FN2OS2. The highest BCUT2D eigenvalue weighted by Gasteiger charge is 2.08. The molecule has 6 heteroatoms. The summed E-state index contributed by atoms with van der Waals surface area (Å²) in [5.41, 5.74) is 6.30. The number of nitrogens with two attached hydrogens (primary N) is 1. The van der Waals surface area contributed by atoms with Gasteiger partial charge in [0.15, 0.2) is 0 Å². The smallest absolute Gasteiger partial charge is 0.135 e. The van der Waals surface area contributed by atoms with E-state index < -0.39 is 16.6 Å². The van der Waals surface area contributed by atoms with Crippen LogP contribution in [0.4, 0.5) is 10.1 Å². The molecule has 0 aliphatic heterocycles. The maximum Gasteiger partial charge on any atom is 0.135 e. The summed E-state index contributed by atoms with van der Waals surface area (Å²) in [6.07, 6.45) is 2.44. The number of anilines is 1. The van der Waals surface area contributed by atoms with Crippen LogP contribution in [0.5, 0.6) is 0 Å². The number of hydrogen-bond donors (Lipinski definition) is 2. The van der Waals surface area contributed by atoms with Crippen molar-refractivity contribution >= 4 is 33.7 Å². The quantitative estimate of drug-likeness (QED) is 0.787. The molecule has 3 N–H and O–H groups in total. The minimum atomic E-state index is -0.806. The van der Waals surface area contributed by atoms with Crippen LogP contribution in [-0.4, -0.2) is 27.2 Å². The average Bonchev–Trinajstić information content (AvgIpc) is 2.26. The maximum absolute atomic E-state index is 13.6. The van der Waals surface area contributed by atoms with E-state index >= 15 is 0 Å². The van der Waals surface area contributed by atoms with Gasteiger partial charge in [0.25, 0.3) is 0 Å². The fraction of sp³-hybridized carbons (Fsp3) is 0.417. The molecule has 0 aliphatic rings. The van der Waals surface area contributed by atoms with Crippen molar-refractivity contribution in [3.63, 3.8) is 0 Å². The monoisotopic (exact) mass is 288 g/mol. The molecule has 0 aromatic heterocycles. The lowest BCUT2D eigenvalue weighted by Gasteiger charge is -2.15. The highest BCUT2D eigenvalue weighted by molar-refractivity contribution is 7.84. The van der Waals surface area contributed by atoms with Gasteiger partial charge in [-0.15, -0.1) is 0 Å². The topological polar surface area (TPSA) is 55.1 Å². The third-order valence-corrected chi connectivity index (χ3v) is 3.52. The Bertz CT molecular complexity index is 465. The second kappa shape index (κ2) is 6.80. The number of nitrogens with one attached hydrogen (secondary N) is 1. The first-order valence-electron chi connectivity index (χ1n) is 5.56. The molecule has 0 bridgehead atoms. The van der Waals surface area contributed by atoms with Crippen LogP contribution in [0.25, 0.3) is 0 Å². The summed E-state index contributed by atoms with van der Waals surface area (Å²) in [5, 5.41) is 3.15. The minimum absolute atomic E-state index is 0.0495. The lowest BCUT2D eigenvalue weighted by Crippen LogP contribution is -2.18. The molecule has 1 aromatic rings. The van der Waals surface area contributed by atoms with E-state index in [9.17, 15) is 8.60 Å². The van der Waals surface area contributed by atoms with E-state index in [2.05, 4.69) is 5.32 Å². The molecule has 0 spiro atoms. The summed E-state index contributed by atoms with van der Waals surface area (Å²) in [6, 6.07) is 4.79. The van der Waals surface area contributed by atoms with Crippen molar-refractivity contribution in [3.8, 4) is 0 Å². The van der Waals surface area contributed by atoms with Crippen molar-refractivity contribution in [3.05, 3.63) is 29.6 Å². The Balaban J connectivity index is 2.65. The highest BCUT2D eigenvalue weighted by Crippen LogP contribution is 2.16. The molecule has 2 unspecified atom stereocenters. The number of hydrogen-bond acceptors (Lipinski definition) is 3. The molecule has 0 saturated heterocycles. The van der Waals surface area contributed by atoms with Crippen molar-refractivity contribution in [2.45, 2.75) is 19.4 Å². The van der Waals surface area contributed by atoms with Crippen molar-refractivity contribution in [2.24, 2.45) is 5.73 Å². The van der Waals surface area contributed by atoms with Crippen LogP contribution in [-0.2, 0) is 10.8 Å². The fourth-order valence-corrected chi connectivity index (χ4v) is 2.36. The molecule has 0 heterocycles. The van der Waals surface area contributed by atoms with Gasteiger partial charge in [-0.25, -0.2) is 4.39 Å². The van der Waals surface area contributed by atoms with Gasteiger partial charge in [-0.2, -0.15) is 0 Å². The van der Waals surface area contributed by atoms with E-state index in [4.69, 9.17) is 18.0 Å². The number of halogens is 1. The zero-order chi connectivity index (χ0) is 13.7. The summed E-state index contributed by atoms with van der Waals surface area (Å²) in [6.45, 7) is 1.96. The third kappa shape index (κ3) is 4.70. The Morgan fingerprint density at radius 2 is 2.28 bits per heavy atom. The Morgan fingerprint density at radius 3 is 2.78 bits per heavy atom. The van der Waals surface area contributed by atoms with Crippen LogP contribution < -0.4 is 11.1 Å². The first kappa shape index (κ1) is 15.0. The first-order chi connectivity index (χ1) is 8.40. The number of benzene rings is 1. The van der Waals surface area contributed by atoms with Gasteiger partial charge in [0.2, 0.25) is 0 Å². The summed E-state index contributed by atoms with van der Waals surface area (Å²) in [5.74, 6) is 0.195. The average molecular weight is 288 g/mol. The molecule has 2 atom stereocenters. The largest absolute Gasteiger partial charge is 0.389 e. The van der Waals surface area contributed by atoms with Gasteiger partial charge in [-0.3, -0.25) is 4.21 Å². The molecule has 0 aliphatic carbocycles. The van der Waals surface area contributed by atoms with Gasteiger partial charge in [0.1, 0.15) is 10.8 Å². The second-order valence-corrected chi connectivity index (χ2v) is 6.16. The molecule has 0 radical (unpaired) electrons. The lowest BCUT2D eigenvalue weighted by molar-refractivity contribution is 0.625. The predicted molar refractivity (Wildman–Crippen MR) is 78.9 cm³/mol. The minimum Gasteiger partial charge on any atom is -0.389 e.